The Morgan fingerprint density at radius 3 is 1.24 bits per heavy atom. The summed E-state index contributed by atoms with van der Waals surface area (Å²) in [6.45, 7) is 36.9. The number of fused-ring (bicyclic) bond motifs is 4. The molecule has 2 unspecified atom stereocenters. The van der Waals surface area contributed by atoms with Crippen molar-refractivity contribution in [1.82, 2.24) is 0 Å². The summed E-state index contributed by atoms with van der Waals surface area (Å²) in [5.41, 5.74) is 0.862. The number of hydrogen-bond acceptors (Lipinski definition) is 6. The highest BCUT2D eigenvalue weighted by molar-refractivity contribution is 7.85. The Bertz CT molecular complexity index is 1880. The summed E-state index contributed by atoms with van der Waals surface area (Å²) in [7, 11) is -4.23. The van der Waals surface area contributed by atoms with Crippen molar-refractivity contribution in [2.75, 3.05) is 64.7 Å². The molecule has 2 atom stereocenters. The minimum Gasteiger partial charge on any atom is -0.748 e. The Kier molecular flexibility index (Phi) is 30.7. The van der Waals surface area contributed by atoms with Crippen LogP contribution in [0.5, 0.6) is 0 Å². The van der Waals surface area contributed by atoms with Crippen LogP contribution in [-0.2, 0) is 19.6 Å². The van der Waals surface area contributed by atoms with E-state index < -0.39 is 21.8 Å². The summed E-state index contributed by atoms with van der Waals surface area (Å²) in [4.78, 5) is 24.4. The number of ether oxygens (including phenoxy) is 1. The van der Waals surface area contributed by atoms with Crippen molar-refractivity contribution >= 4 is 43.4 Å². The van der Waals surface area contributed by atoms with E-state index in [0.717, 1.165) is 40.8 Å². The first-order valence-corrected chi connectivity index (χ1v) is 30.8. The van der Waals surface area contributed by atoms with E-state index in [1.807, 2.05) is 54.6 Å². The number of rotatable bonds is 31. The number of carbonyl (C=O) groups is 2. The molecule has 2 aliphatic carbocycles. The van der Waals surface area contributed by atoms with Crippen LogP contribution < -0.4 is 0 Å². The number of quaternary nitrogens is 2. The fourth-order valence-electron chi connectivity index (χ4n) is 11.7. The zero-order valence-electron chi connectivity index (χ0n) is 47.7. The van der Waals surface area contributed by atoms with E-state index in [2.05, 4.69) is 76.2 Å². The predicted octanol–water partition coefficient (Wildman–Crippen LogP) is 16.3. The van der Waals surface area contributed by atoms with Gasteiger partial charge in [0.1, 0.15) is 5.78 Å². The molecule has 0 heterocycles. The number of esters is 1. The van der Waals surface area contributed by atoms with Crippen LogP contribution in [0.3, 0.4) is 0 Å². The van der Waals surface area contributed by atoms with Crippen LogP contribution in [-0.4, -0.2) is 98.4 Å². The highest BCUT2D eigenvalue weighted by Crippen LogP contribution is 2.65. The first-order chi connectivity index (χ1) is 34.0. The molecule has 0 aromatic heterocycles. The lowest BCUT2D eigenvalue weighted by Crippen LogP contribution is -2.50. The van der Waals surface area contributed by atoms with Crippen molar-refractivity contribution in [3.63, 3.8) is 0 Å². The van der Waals surface area contributed by atoms with Crippen LogP contribution in [0.25, 0.3) is 21.5 Å². The fraction of sp³-hybridized carbons (Fsp3) is 0.742. The zero-order chi connectivity index (χ0) is 52.8. The number of unbranched alkanes of at least 4 members (excludes halogenated alkanes) is 9. The molecule has 2 bridgehead atoms. The van der Waals surface area contributed by atoms with E-state index in [4.69, 9.17) is 4.74 Å². The Morgan fingerprint density at radius 2 is 0.958 bits per heavy atom. The molecule has 0 saturated heterocycles. The summed E-state index contributed by atoms with van der Waals surface area (Å²) in [6.07, 6.45) is 27.0. The maximum Gasteiger partial charge on any atom is 0.339 e. The average molecular weight is 1010 g/mol. The van der Waals surface area contributed by atoms with Crippen molar-refractivity contribution in [3.8, 4) is 0 Å². The SMILES string of the molecule is CCC12CCC(CC1=O)C2(C)C.CCCC[N+](CCCC)(CCCC)CCCC.CCCC[N+](CCCC)(CCCC)CCCC.O=C(OCCCCS(=O)(=O)[O-])c1c2ccccc2cc2ccccc12. The summed E-state index contributed by atoms with van der Waals surface area (Å²) in [5.74, 6) is 0.344. The van der Waals surface area contributed by atoms with Gasteiger partial charge in [0.25, 0.3) is 0 Å². The molecule has 9 heteroatoms. The van der Waals surface area contributed by atoms with Gasteiger partial charge in [0.05, 0.1) is 74.6 Å². The molecule has 0 amide bonds. The topological polar surface area (TPSA) is 101 Å². The number of ketones is 1. The largest absolute Gasteiger partial charge is 0.748 e. The molecular formula is C62H107N2O6S+. The highest BCUT2D eigenvalue weighted by atomic mass is 32.2. The second-order valence-electron chi connectivity index (χ2n) is 22.1. The first-order valence-electron chi connectivity index (χ1n) is 29.2. The smallest absolute Gasteiger partial charge is 0.339 e. The molecule has 2 fully saturated rings. The molecule has 71 heavy (non-hydrogen) atoms. The lowest BCUT2D eigenvalue weighted by Gasteiger charge is -2.39. The van der Waals surface area contributed by atoms with Crippen molar-refractivity contribution in [2.24, 2.45) is 16.7 Å². The molecule has 406 valence electrons. The molecule has 0 spiro atoms. The average Bonchev–Trinajstić information content (AvgIpc) is 3.73. The summed E-state index contributed by atoms with van der Waals surface area (Å²) in [6, 6.07) is 17.2. The van der Waals surface area contributed by atoms with Gasteiger partial charge < -0.3 is 18.3 Å². The van der Waals surface area contributed by atoms with E-state index in [9.17, 15) is 22.6 Å². The minimum absolute atomic E-state index is 0.0671. The quantitative estimate of drug-likeness (QED) is 0.0209. The Labute approximate surface area is 436 Å². The van der Waals surface area contributed by atoms with Gasteiger partial charge in [-0.3, -0.25) is 4.79 Å². The van der Waals surface area contributed by atoms with Crippen LogP contribution >= 0.6 is 0 Å². The third kappa shape index (κ3) is 20.4. The standard InChI is InChI=1S/C19H18O5S.2C16H36N.C11H18O/c20-19(24-11-5-6-12-25(21,22)23)18-16-9-3-1-7-14(16)13-15-8-2-4-10-17(15)18;2*1-5-9-13-17(14-10-6-2,15-11-7-3)16-12-8-4;1-4-11-6-5-8(7-9(11)12)10(11,2)3/h1-4,7-10,13H,5-6,11-12H2,(H,21,22,23);2*5-16H2,1-4H3;8H,4-7H2,1-3H3/q;2*+1;/p-1. The fourth-order valence-corrected chi connectivity index (χ4v) is 12.3. The Morgan fingerprint density at radius 1 is 0.592 bits per heavy atom. The van der Waals surface area contributed by atoms with Crippen LogP contribution in [0.15, 0.2) is 54.6 Å². The lowest BCUT2D eigenvalue weighted by atomic mass is 9.67. The summed E-state index contributed by atoms with van der Waals surface area (Å²) < 4.78 is 39.9. The molecule has 3 aromatic carbocycles. The van der Waals surface area contributed by atoms with Gasteiger partial charge in [-0.25, -0.2) is 13.2 Å². The molecule has 2 aliphatic rings. The van der Waals surface area contributed by atoms with Gasteiger partial charge in [0.2, 0.25) is 0 Å². The van der Waals surface area contributed by atoms with Gasteiger partial charge in [-0.15, -0.1) is 0 Å². The summed E-state index contributed by atoms with van der Waals surface area (Å²) in [5, 5.41) is 3.53. The molecular weight excluding hydrogens is 901 g/mol. The monoisotopic (exact) mass is 1010 g/mol. The van der Waals surface area contributed by atoms with Crippen LogP contribution in [0, 0.1) is 16.7 Å². The van der Waals surface area contributed by atoms with Crippen LogP contribution in [0.4, 0.5) is 0 Å². The maximum absolute atomic E-state index is 12.6. The van der Waals surface area contributed by atoms with Gasteiger partial charge in [0, 0.05) is 17.6 Å². The van der Waals surface area contributed by atoms with E-state index in [1.165, 1.54) is 170 Å². The first kappa shape index (κ1) is 64.3. The third-order valence-electron chi connectivity index (χ3n) is 16.6. The van der Waals surface area contributed by atoms with E-state index in [0.29, 0.717) is 29.1 Å². The lowest BCUT2D eigenvalue weighted by molar-refractivity contribution is -0.929. The van der Waals surface area contributed by atoms with Gasteiger partial charge >= 0.3 is 5.97 Å². The van der Waals surface area contributed by atoms with Crippen molar-refractivity contribution in [1.29, 1.82) is 0 Å². The molecule has 0 aliphatic heterocycles. The number of benzene rings is 3. The zero-order valence-corrected chi connectivity index (χ0v) is 48.5. The van der Waals surface area contributed by atoms with E-state index in [-0.39, 0.29) is 18.4 Å². The molecule has 3 aromatic rings. The minimum atomic E-state index is -4.23. The number of nitrogens with zero attached hydrogens (tertiary/aromatic N) is 2. The van der Waals surface area contributed by atoms with Crippen LogP contribution in [0.2, 0.25) is 0 Å². The number of hydrogen-bond donors (Lipinski definition) is 0. The van der Waals surface area contributed by atoms with Gasteiger partial charge in [0.15, 0.2) is 0 Å². The van der Waals surface area contributed by atoms with Gasteiger partial charge in [-0.05, 0) is 122 Å². The second kappa shape index (κ2) is 33.9. The third-order valence-corrected chi connectivity index (χ3v) is 17.4. The maximum atomic E-state index is 12.6. The van der Waals surface area contributed by atoms with Gasteiger partial charge in [-0.1, -0.05) is 176 Å². The summed E-state index contributed by atoms with van der Waals surface area (Å²) >= 11 is 0. The number of Topliss-reactive ketones (excluding diaryl/α,β-unsaturated/α-hetero) is 1. The van der Waals surface area contributed by atoms with Gasteiger partial charge in [-0.2, -0.15) is 0 Å². The molecule has 2 saturated carbocycles. The molecule has 0 radical (unpaired) electrons. The Balaban J connectivity index is 0.000000336. The highest BCUT2D eigenvalue weighted by Gasteiger charge is 2.62. The van der Waals surface area contributed by atoms with E-state index in [1.54, 1.807) is 0 Å². The predicted molar refractivity (Wildman–Crippen MR) is 303 cm³/mol. The Hall–Kier alpha value is -2.85. The van der Waals surface area contributed by atoms with E-state index >= 15 is 0 Å². The van der Waals surface area contributed by atoms with Crippen molar-refractivity contribution < 1.29 is 36.3 Å². The van der Waals surface area contributed by atoms with Crippen LogP contribution in [0.1, 0.15) is 228 Å². The number of carbonyl (C=O) groups excluding carboxylic acids is 2. The van der Waals surface area contributed by atoms with Crippen molar-refractivity contribution in [2.45, 2.75) is 217 Å². The molecule has 5 rings (SSSR count). The molecule has 8 nitrogen and oxygen atoms in total. The second-order valence-corrected chi connectivity index (χ2v) is 23.6. The normalized spacial score (nSPS) is 17.3. The molecule has 0 N–H and O–H groups in total. The van der Waals surface area contributed by atoms with Crippen molar-refractivity contribution in [3.05, 3.63) is 60.2 Å².